The molecule has 0 saturated carbocycles. The summed E-state index contributed by atoms with van der Waals surface area (Å²) in [6.07, 6.45) is 1.43. The number of hydrogen-bond donors (Lipinski definition) is 1. The molecule has 15 heavy (non-hydrogen) atoms. The average Bonchev–Trinajstić information content (AvgIpc) is 2.19. The molecule has 2 nitrogen and oxygen atoms in total. The van der Waals surface area contributed by atoms with Gasteiger partial charge in [-0.25, -0.2) is 4.39 Å². The van der Waals surface area contributed by atoms with Crippen LogP contribution in [0.2, 0.25) is 5.02 Å². The zero-order valence-corrected chi connectivity index (χ0v) is 9.40. The van der Waals surface area contributed by atoms with E-state index in [0.29, 0.717) is 21.9 Å². The lowest BCUT2D eigenvalue weighted by Crippen LogP contribution is -2.04. The number of nitrogens with one attached hydrogen (secondary N) is 1. The minimum Gasteiger partial charge on any atom is -0.286 e. The quantitative estimate of drug-likeness (QED) is 0.621. The third-order valence-corrected chi connectivity index (χ3v) is 2.43. The van der Waals surface area contributed by atoms with Crippen molar-refractivity contribution in [1.29, 1.82) is 0 Å². The molecule has 0 atom stereocenters. The van der Waals surface area contributed by atoms with Crippen LogP contribution in [0.4, 0.5) is 4.39 Å². The van der Waals surface area contributed by atoms with Crippen molar-refractivity contribution in [2.24, 2.45) is 5.10 Å². The number of aryl methyl sites for hydroxylation is 1. The van der Waals surface area contributed by atoms with Crippen molar-refractivity contribution in [2.45, 2.75) is 13.8 Å². The summed E-state index contributed by atoms with van der Waals surface area (Å²) in [6, 6.07) is 2.75. The average molecular weight is 227 g/mol. The maximum absolute atomic E-state index is 13.1. The maximum atomic E-state index is 13.1. The summed E-state index contributed by atoms with van der Waals surface area (Å²) >= 11 is 6.04. The van der Waals surface area contributed by atoms with Crippen LogP contribution < -0.4 is 5.43 Å². The van der Waals surface area contributed by atoms with Crippen LogP contribution in [0.1, 0.15) is 18.1 Å². The van der Waals surface area contributed by atoms with Crippen molar-refractivity contribution in [3.05, 3.63) is 46.9 Å². The number of hydrogen-bond acceptors (Lipinski definition) is 2. The predicted molar refractivity (Wildman–Crippen MR) is 61.7 cm³/mol. The molecule has 0 radical (unpaired) electrons. The molecule has 0 saturated heterocycles. The molecule has 0 aliphatic rings. The summed E-state index contributed by atoms with van der Waals surface area (Å²) < 4.78 is 13.1. The first kappa shape index (κ1) is 11.7. The Bertz CT molecular complexity index is 413. The second-order valence-electron chi connectivity index (χ2n) is 3.11. The number of benzene rings is 1. The summed E-state index contributed by atoms with van der Waals surface area (Å²) in [5, 5.41) is 4.47. The van der Waals surface area contributed by atoms with Crippen LogP contribution in [0.5, 0.6) is 0 Å². The predicted octanol–water partition coefficient (Wildman–Crippen LogP) is 3.24. The molecular formula is C11H12ClFN2. The Balaban J connectivity index is 3.18. The van der Waals surface area contributed by atoms with Crippen molar-refractivity contribution < 1.29 is 4.39 Å². The van der Waals surface area contributed by atoms with Gasteiger partial charge in [-0.15, -0.1) is 0 Å². The van der Waals surface area contributed by atoms with Crippen molar-refractivity contribution in [1.82, 2.24) is 5.43 Å². The SMILES string of the molecule is C=CN/N=C(\C)c1cc(F)cc(C)c1Cl. The van der Waals surface area contributed by atoms with Crippen LogP contribution in [0.25, 0.3) is 0 Å². The Morgan fingerprint density at radius 2 is 2.27 bits per heavy atom. The van der Waals surface area contributed by atoms with Crippen molar-refractivity contribution in [3.8, 4) is 0 Å². The highest BCUT2D eigenvalue weighted by atomic mass is 35.5. The third kappa shape index (κ3) is 2.80. The molecule has 80 valence electrons. The monoisotopic (exact) mass is 226 g/mol. The van der Waals surface area contributed by atoms with Crippen molar-refractivity contribution >= 4 is 17.3 Å². The fourth-order valence-electron chi connectivity index (χ4n) is 1.19. The van der Waals surface area contributed by atoms with Gasteiger partial charge in [0.05, 0.1) is 10.7 Å². The first-order chi connectivity index (χ1) is 7.06. The molecule has 0 unspecified atom stereocenters. The van der Waals surface area contributed by atoms with Gasteiger partial charge in [-0.05, 0) is 31.5 Å². The third-order valence-electron chi connectivity index (χ3n) is 1.93. The lowest BCUT2D eigenvalue weighted by molar-refractivity contribution is 0.626. The second-order valence-corrected chi connectivity index (χ2v) is 3.49. The van der Waals surface area contributed by atoms with Gasteiger partial charge in [0.1, 0.15) is 5.82 Å². The molecule has 0 amide bonds. The zero-order valence-electron chi connectivity index (χ0n) is 8.64. The van der Waals surface area contributed by atoms with Crippen LogP contribution >= 0.6 is 11.6 Å². The normalized spacial score (nSPS) is 11.3. The largest absolute Gasteiger partial charge is 0.286 e. The molecule has 0 aliphatic carbocycles. The first-order valence-electron chi connectivity index (χ1n) is 4.43. The number of hydrazone groups is 1. The molecule has 1 rings (SSSR count). The van der Waals surface area contributed by atoms with Gasteiger partial charge in [-0.3, -0.25) is 5.43 Å². The number of nitrogens with zero attached hydrogens (tertiary/aromatic N) is 1. The lowest BCUT2D eigenvalue weighted by Gasteiger charge is -2.06. The van der Waals surface area contributed by atoms with Crippen molar-refractivity contribution in [3.63, 3.8) is 0 Å². The van der Waals surface area contributed by atoms with E-state index in [-0.39, 0.29) is 5.82 Å². The molecular weight excluding hydrogens is 215 g/mol. The minimum absolute atomic E-state index is 0.319. The summed E-state index contributed by atoms with van der Waals surface area (Å²) in [5.41, 5.74) is 4.48. The molecule has 0 spiro atoms. The Labute approximate surface area is 93.5 Å². The molecule has 0 bridgehead atoms. The number of rotatable bonds is 3. The molecule has 1 N–H and O–H groups in total. The molecule has 1 aromatic rings. The van der Waals surface area contributed by atoms with Gasteiger partial charge in [0.15, 0.2) is 0 Å². The summed E-state index contributed by atoms with van der Waals surface area (Å²) in [7, 11) is 0. The Morgan fingerprint density at radius 1 is 1.60 bits per heavy atom. The van der Waals surface area contributed by atoms with Crippen LogP contribution in [0.15, 0.2) is 30.0 Å². The van der Waals surface area contributed by atoms with Gasteiger partial charge in [0, 0.05) is 11.8 Å². The van der Waals surface area contributed by atoms with E-state index in [1.54, 1.807) is 13.8 Å². The zero-order chi connectivity index (χ0) is 11.4. The van der Waals surface area contributed by atoms with Gasteiger partial charge in [-0.1, -0.05) is 18.2 Å². The topological polar surface area (TPSA) is 24.4 Å². The van der Waals surface area contributed by atoms with Gasteiger partial charge in [0.25, 0.3) is 0 Å². The van der Waals surface area contributed by atoms with E-state index in [4.69, 9.17) is 11.6 Å². The smallest absolute Gasteiger partial charge is 0.124 e. The molecule has 0 fully saturated rings. The minimum atomic E-state index is -0.319. The second kappa shape index (κ2) is 4.94. The maximum Gasteiger partial charge on any atom is 0.124 e. The number of halogens is 2. The molecule has 1 aromatic carbocycles. The standard InChI is InChI=1S/C11H12ClFN2/c1-4-14-15-8(3)10-6-9(13)5-7(2)11(10)12/h4-6,14H,1H2,2-3H3/b15-8+. The fourth-order valence-corrected chi connectivity index (χ4v) is 1.44. The summed E-state index contributed by atoms with van der Waals surface area (Å²) in [6.45, 7) is 6.96. The highest BCUT2D eigenvalue weighted by Gasteiger charge is 2.08. The first-order valence-corrected chi connectivity index (χ1v) is 4.80. The van der Waals surface area contributed by atoms with Crippen LogP contribution in [-0.4, -0.2) is 5.71 Å². The van der Waals surface area contributed by atoms with E-state index in [9.17, 15) is 4.39 Å². The van der Waals surface area contributed by atoms with E-state index < -0.39 is 0 Å². The van der Waals surface area contributed by atoms with Crippen LogP contribution in [-0.2, 0) is 0 Å². The highest BCUT2D eigenvalue weighted by molar-refractivity contribution is 6.34. The van der Waals surface area contributed by atoms with Gasteiger partial charge in [0.2, 0.25) is 0 Å². The van der Waals surface area contributed by atoms with Gasteiger partial charge < -0.3 is 0 Å². The molecule has 4 heteroatoms. The van der Waals surface area contributed by atoms with E-state index in [1.165, 1.54) is 18.3 Å². The summed E-state index contributed by atoms with van der Waals surface area (Å²) in [5.74, 6) is -0.319. The Hall–Kier alpha value is -1.35. The van der Waals surface area contributed by atoms with Crippen LogP contribution in [0, 0.1) is 12.7 Å². The van der Waals surface area contributed by atoms with Gasteiger partial charge >= 0.3 is 0 Å². The van der Waals surface area contributed by atoms with E-state index >= 15 is 0 Å². The Kier molecular flexibility index (Phi) is 3.86. The summed E-state index contributed by atoms with van der Waals surface area (Å²) in [4.78, 5) is 0. The Morgan fingerprint density at radius 3 is 2.87 bits per heavy atom. The van der Waals surface area contributed by atoms with Gasteiger partial charge in [-0.2, -0.15) is 5.10 Å². The fraction of sp³-hybridized carbons (Fsp3) is 0.182. The van der Waals surface area contributed by atoms with E-state index in [1.807, 2.05) is 0 Å². The van der Waals surface area contributed by atoms with E-state index in [0.717, 1.165) is 0 Å². The highest BCUT2D eigenvalue weighted by Crippen LogP contribution is 2.22. The molecule has 0 aliphatic heterocycles. The van der Waals surface area contributed by atoms with E-state index in [2.05, 4.69) is 17.1 Å². The molecule has 0 heterocycles. The van der Waals surface area contributed by atoms with Crippen LogP contribution in [0.3, 0.4) is 0 Å². The van der Waals surface area contributed by atoms with Crippen molar-refractivity contribution in [2.75, 3.05) is 0 Å². The molecule has 0 aromatic heterocycles. The lowest BCUT2D eigenvalue weighted by atomic mass is 10.1.